The molecule has 1 rings (SSSR count). The van der Waals surface area contributed by atoms with E-state index in [9.17, 15) is 4.79 Å². The van der Waals surface area contributed by atoms with Gasteiger partial charge in [0.2, 0.25) is 5.91 Å². The zero-order valence-electron chi connectivity index (χ0n) is 9.91. The van der Waals surface area contributed by atoms with Gasteiger partial charge >= 0.3 is 0 Å². The highest BCUT2D eigenvalue weighted by atomic mass is 16.2. The van der Waals surface area contributed by atoms with Crippen LogP contribution >= 0.6 is 0 Å². The predicted molar refractivity (Wildman–Crippen MR) is 61.5 cm³/mol. The molecule has 1 amide bonds. The van der Waals surface area contributed by atoms with Crippen molar-refractivity contribution < 1.29 is 4.79 Å². The third-order valence-corrected chi connectivity index (χ3v) is 3.05. The molecule has 1 unspecified atom stereocenters. The molecule has 0 radical (unpaired) electrons. The van der Waals surface area contributed by atoms with E-state index in [0.717, 1.165) is 32.6 Å². The SMILES string of the molecule is CC(=O)N1CCCC(CN(C)CCN)C1. The highest BCUT2D eigenvalue weighted by Crippen LogP contribution is 2.17. The third-order valence-electron chi connectivity index (χ3n) is 3.05. The fraction of sp³-hybridized carbons (Fsp3) is 0.909. The number of carbonyl (C=O) groups excluding carboxylic acids is 1. The van der Waals surface area contributed by atoms with Crippen molar-refractivity contribution in [2.24, 2.45) is 11.7 Å². The van der Waals surface area contributed by atoms with Crippen molar-refractivity contribution in [1.29, 1.82) is 0 Å². The summed E-state index contributed by atoms with van der Waals surface area (Å²) in [5, 5.41) is 0. The summed E-state index contributed by atoms with van der Waals surface area (Å²) in [6.07, 6.45) is 2.37. The summed E-state index contributed by atoms with van der Waals surface area (Å²) >= 11 is 0. The van der Waals surface area contributed by atoms with Gasteiger partial charge < -0.3 is 15.5 Å². The summed E-state index contributed by atoms with van der Waals surface area (Å²) in [6, 6.07) is 0. The minimum atomic E-state index is 0.209. The van der Waals surface area contributed by atoms with Crippen LogP contribution in [0.3, 0.4) is 0 Å². The lowest BCUT2D eigenvalue weighted by molar-refractivity contribution is -0.130. The van der Waals surface area contributed by atoms with E-state index in [-0.39, 0.29) is 5.91 Å². The van der Waals surface area contributed by atoms with Gasteiger partial charge in [0.25, 0.3) is 0 Å². The van der Waals surface area contributed by atoms with Crippen LogP contribution in [0.15, 0.2) is 0 Å². The average Bonchev–Trinajstić information content (AvgIpc) is 2.18. The number of piperidine rings is 1. The molecule has 4 heteroatoms. The van der Waals surface area contributed by atoms with E-state index < -0.39 is 0 Å². The standard InChI is InChI=1S/C11H23N3O/c1-10(15)14-6-3-4-11(9-14)8-13(2)7-5-12/h11H,3-9,12H2,1-2H3. The monoisotopic (exact) mass is 213 g/mol. The number of amides is 1. The Bertz CT molecular complexity index is 208. The molecule has 1 aliphatic heterocycles. The van der Waals surface area contributed by atoms with E-state index in [1.54, 1.807) is 6.92 Å². The Hall–Kier alpha value is -0.610. The lowest BCUT2D eigenvalue weighted by atomic mass is 9.97. The molecule has 0 aromatic rings. The lowest BCUT2D eigenvalue weighted by Crippen LogP contribution is -2.42. The fourth-order valence-corrected chi connectivity index (χ4v) is 2.25. The minimum absolute atomic E-state index is 0.209. The number of hydrogen-bond donors (Lipinski definition) is 1. The van der Waals surface area contributed by atoms with Gasteiger partial charge in [-0.1, -0.05) is 0 Å². The Morgan fingerprint density at radius 1 is 1.60 bits per heavy atom. The maximum atomic E-state index is 11.2. The van der Waals surface area contributed by atoms with Crippen LogP contribution in [0.4, 0.5) is 0 Å². The van der Waals surface area contributed by atoms with Crippen LogP contribution in [0.25, 0.3) is 0 Å². The lowest BCUT2D eigenvalue weighted by Gasteiger charge is -2.34. The smallest absolute Gasteiger partial charge is 0.219 e. The molecule has 1 fully saturated rings. The summed E-state index contributed by atoms with van der Waals surface area (Å²) in [6.45, 7) is 6.22. The average molecular weight is 213 g/mol. The molecular weight excluding hydrogens is 190 g/mol. The molecule has 0 bridgehead atoms. The molecule has 88 valence electrons. The van der Waals surface area contributed by atoms with Crippen molar-refractivity contribution in [3.63, 3.8) is 0 Å². The van der Waals surface area contributed by atoms with E-state index in [0.29, 0.717) is 12.5 Å². The van der Waals surface area contributed by atoms with Gasteiger partial charge in [-0.2, -0.15) is 0 Å². The molecule has 4 nitrogen and oxygen atoms in total. The van der Waals surface area contributed by atoms with E-state index in [1.165, 1.54) is 6.42 Å². The van der Waals surface area contributed by atoms with Gasteiger partial charge in [-0.25, -0.2) is 0 Å². The van der Waals surface area contributed by atoms with Gasteiger partial charge in [0.1, 0.15) is 0 Å². The number of nitrogens with two attached hydrogens (primary N) is 1. The number of nitrogens with zero attached hydrogens (tertiary/aromatic N) is 2. The van der Waals surface area contributed by atoms with Crippen LogP contribution < -0.4 is 5.73 Å². The highest BCUT2D eigenvalue weighted by Gasteiger charge is 2.22. The molecule has 0 spiro atoms. The first-order chi connectivity index (χ1) is 7.13. The second-order valence-electron chi connectivity index (χ2n) is 4.52. The summed E-state index contributed by atoms with van der Waals surface area (Å²) in [4.78, 5) is 15.5. The molecular formula is C11H23N3O. The summed E-state index contributed by atoms with van der Waals surface area (Å²) in [5.41, 5.74) is 5.50. The molecule has 2 N–H and O–H groups in total. The quantitative estimate of drug-likeness (QED) is 0.722. The van der Waals surface area contributed by atoms with E-state index in [4.69, 9.17) is 5.73 Å². The van der Waals surface area contributed by atoms with Gasteiger partial charge in [-0.05, 0) is 25.8 Å². The molecule has 1 atom stereocenters. The first-order valence-corrected chi connectivity index (χ1v) is 5.77. The predicted octanol–water partition coefficient (Wildman–Crippen LogP) is 0.135. The van der Waals surface area contributed by atoms with Crippen molar-refractivity contribution in [1.82, 2.24) is 9.80 Å². The maximum absolute atomic E-state index is 11.2. The van der Waals surface area contributed by atoms with Crippen LogP contribution in [0, 0.1) is 5.92 Å². The van der Waals surface area contributed by atoms with Gasteiger partial charge in [-0.15, -0.1) is 0 Å². The van der Waals surface area contributed by atoms with Crippen LogP contribution in [0.2, 0.25) is 0 Å². The number of hydrogen-bond acceptors (Lipinski definition) is 3. The molecule has 1 saturated heterocycles. The van der Waals surface area contributed by atoms with Crippen LogP contribution in [0.5, 0.6) is 0 Å². The maximum Gasteiger partial charge on any atom is 0.219 e. The minimum Gasteiger partial charge on any atom is -0.343 e. The largest absolute Gasteiger partial charge is 0.343 e. The first kappa shape index (κ1) is 12.5. The third kappa shape index (κ3) is 4.18. The second kappa shape index (κ2) is 6.08. The summed E-state index contributed by atoms with van der Waals surface area (Å²) < 4.78 is 0. The van der Waals surface area contributed by atoms with Gasteiger partial charge in [0, 0.05) is 39.6 Å². The zero-order valence-corrected chi connectivity index (χ0v) is 9.91. The normalized spacial score (nSPS) is 22.1. The van der Waals surface area contributed by atoms with E-state index >= 15 is 0 Å². The van der Waals surface area contributed by atoms with Gasteiger partial charge in [0.15, 0.2) is 0 Å². The van der Waals surface area contributed by atoms with Gasteiger partial charge in [-0.3, -0.25) is 4.79 Å². The Balaban J connectivity index is 2.32. The number of likely N-dealkylation sites (N-methyl/N-ethyl adjacent to an activating group) is 1. The van der Waals surface area contributed by atoms with Crippen molar-refractivity contribution in [3.05, 3.63) is 0 Å². The highest BCUT2D eigenvalue weighted by molar-refractivity contribution is 5.73. The number of rotatable bonds is 4. The van der Waals surface area contributed by atoms with Crippen molar-refractivity contribution in [2.75, 3.05) is 39.8 Å². The molecule has 0 aliphatic carbocycles. The van der Waals surface area contributed by atoms with Crippen molar-refractivity contribution in [2.45, 2.75) is 19.8 Å². The van der Waals surface area contributed by atoms with E-state index in [2.05, 4.69) is 11.9 Å². The fourth-order valence-electron chi connectivity index (χ4n) is 2.25. The van der Waals surface area contributed by atoms with Gasteiger partial charge in [0.05, 0.1) is 0 Å². The van der Waals surface area contributed by atoms with Crippen LogP contribution in [0.1, 0.15) is 19.8 Å². The topological polar surface area (TPSA) is 49.6 Å². The first-order valence-electron chi connectivity index (χ1n) is 5.77. The van der Waals surface area contributed by atoms with Crippen LogP contribution in [-0.2, 0) is 4.79 Å². The Morgan fingerprint density at radius 2 is 2.33 bits per heavy atom. The molecule has 0 aromatic carbocycles. The molecule has 0 saturated carbocycles. The number of carbonyl (C=O) groups is 1. The molecule has 1 aliphatic rings. The molecule has 1 heterocycles. The zero-order chi connectivity index (χ0) is 11.3. The Labute approximate surface area is 92.4 Å². The number of likely N-dealkylation sites (tertiary alicyclic amines) is 1. The van der Waals surface area contributed by atoms with Crippen molar-refractivity contribution >= 4 is 5.91 Å². The Kier molecular flexibility index (Phi) is 5.05. The summed E-state index contributed by atoms with van der Waals surface area (Å²) in [7, 11) is 2.10. The van der Waals surface area contributed by atoms with E-state index in [1.807, 2.05) is 4.90 Å². The molecule has 15 heavy (non-hydrogen) atoms. The Morgan fingerprint density at radius 3 is 2.93 bits per heavy atom. The second-order valence-corrected chi connectivity index (χ2v) is 4.52. The summed E-state index contributed by atoms with van der Waals surface area (Å²) in [5.74, 6) is 0.834. The molecule has 0 aromatic heterocycles. The van der Waals surface area contributed by atoms with Crippen LogP contribution in [-0.4, -0.2) is 55.5 Å². The van der Waals surface area contributed by atoms with Crippen molar-refractivity contribution in [3.8, 4) is 0 Å².